The van der Waals surface area contributed by atoms with E-state index in [4.69, 9.17) is 27.9 Å². The molecule has 1 atom stereocenters. The summed E-state index contributed by atoms with van der Waals surface area (Å²) in [5.74, 6) is 0.962. The number of para-hydroxylation sites is 1. The highest BCUT2D eigenvalue weighted by atomic mass is 35.5. The quantitative estimate of drug-likeness (QED) is 0.853. The Kier molecular flexibility index (Phi) is 5.92. The smallest absolute Gasteiger partial charge is 0.122 e. The molecule has 1 N–H and O–H groups in total. The summed E-state index contributed by atoms with van der Waals surface area (Å²) in [6.07, 6.45) is 1.49. The molecule has 0 saturated carbocycles. The van der Waals surface area contributed by atoms with Crippen LogP contribution in [-0.2, 0) is 12.8 Å². The number of hydrogen-bond donors (Lipinski definition) is 1. The molecule has 0 aliphatic heterocycles. The number of rotatable bonds is 6. The summed E-state index contributed by atoms with van der Waals surface area (Å²) in [7, 11) is 1.66. The van der Waals surface area contributed by atoms with Crippen molar-refractivity contribution in [1.29, 1.82) is 0 Å². The van der Waals surface area contributed by atoms with Gasteiger partial charge in [-0.2, -0.15) is 0 Å². The van der Waals surface area contributed by atoms with Crippen molar-refractivity contribution in [2.24, 2.45) is 5.92 Å². The average molecular weight is 325 g/mol. The van der Waals surface area contributed by atoms with Gasteiger partial charge < -0.3 is 9.84 Å². The van der Waals surface area contributed by atoms with E-state index in [1.165, 1.54) is 0 Å². The van der Waals surface area contributed by atoms with Crippen LogP contribution in [0.1, 0.15) is 11.1 Å². The van der Waals surface area contributed by atoms with Crippen molar-refractivity contribution in [1.82, 2.24) is 0 Å². The topological polar surface area (TPSA) is 29.5 Å². The maximum absolute atomic E-state index is 9.64. The van der Waals surface area contributed by atoms with Crippen molar-refractivity contribution in [2.45, 2.75) is 12.8 Å². The van der Waals surface area contributed by atoms with Gasteiger partial charge in [0.15, 0.2) is 0 Å². The number of halogens is 2. The summed E-state index contributed by atoms with van der Waals surface area (Å²) in [5.41, 5.74) is 2.16. The van der Waals surface area contributed by atoms with E-state index in [0.29, 0.717) is 10.0 Å². The molecule has 0 spiro atoms. The van der Waals surface area contributed by atoms with Gasteiger partial charge in [0.1, 0.15) is 5.75 Å². The SMILES string of the molecule is COc1ccccc1CC(CO)Cc1ccc(Cl)c(Cl)c1. The van der Waals surface area contributed by atoms with E-state index in [1.807, 2.05) is 36.4 Å². The summed E-state index contributed by atoms with van der Waals surface area (Å²) < 4.78 is 5.36. The fourth-order valence-electron chi connectivity index (χ4n) is 2.38. The van der Waals surface area contributed by atoms with E-state index in [0.717, 1.165) is 29.7 Å². The summed E-state index contributed by atoms with van der Waals surface area (Å²) in [4.78, 5) is 0. The Morgan fingerprint density at radius 1 is 1.05 bits per heavy atom. The number of benzene rings is 2. The Morgan fingerprint density at radius 3 is 2.48 bits per heavy atom. The van der Waals surface area contributed by atoms with E-state index in [9.17, 15) is 5.11 Å². The zero-order chi connectivity index (χ0) is 15.2. The maximum atomic E-state index is 9.64. The molecular formula is C17H18Cl2O2. The van der Waals surface area contributed by atoms with E-state index < -0.39 is 0 Å². The number of ether oxygens (including phenoxy) is 1. The molecule has 112 valence electrons. The molecule has 2 aromatic rings. The first-order valence-corrected chi connectivity index (χ1v) is 7.56. The van der Waals surface area contributed by atoms with E-state index >= 15 is 0 Å². The summed E-state index contributed by atoms with van der Waals surface area (Å²) in [6.45, 7) is 0.109. The second kappa shape index (κ2) is 7.69. The van der Waals surface area contributed by atoms with Crippen molar-refractivity contribution < 1.29 is 9.84 Å². The molecule has 0 fully saturated rings. The molecule has 4 heteroatoms. The second-order valence-electron chi connectivity index (χ2n) is 5.02. The van der Waals surface area contributed by atoms with E-state index in [-0.39, 0.29) is 12.5 Å². The van der Waals surface area contributed by atoms with Crippen molar-refractivity contribution in [3.63, 3.8) is 0 Å². The van der Waals surface area contributed by atoms with Gasteiger partial charge in [0.25, 0.3) is 0 Å². The molecule has 2 aromatic carbocycles. The van der Waals surface area contributed by atoms with Crippen LogP contribution in [0.3, 0.4) is 0 Å². The van der Waals surface area contributed by atoms with Crippen LogP contribution in [0.5, 0.6) is 5.75 Å². The minimum absolute atomic E-state index is 0.109. The third kappa shape index (κ3) is 4.37. The lowest BCUT2D eigenvalue weighted by Gasteiger charge is -2.16. The van der Waals surface area contributed by atoms with Gasteiger partial charge in [0, 0.05) is 6.61 Å². The number of aliphatic hydroxyl groups is 1. The van der Waals surface area contributed by atoms with Gasteiger partial charge in [-0.25, -0.2) is 0 Å². The molecular weight excluding hydrogens is 307 g/mol. The molecule has 0 aliphatic rings. The van der Waals surface area contributed by atoms with Crippen LogP contribution < -0.4 is 4.74 Å². The first kappa shape index (κ1) is 16.2. The predicted molar refractivity (Wildman–Crippen MR) is 87.4 cm³/mol. The number of aliphatic hydroxyl groups excluding tert-OH is 1. The second-order valence-corrected chi connectivity index (χ2v) is 5.83. The molecule has 21 heavy (non-hydrogen) atoms. The van der Waals surface area contributed by atoms with E-state index in [1.54, 1.807) is 13.2 Å². The van der Waals surface area contributed by atoms with Gasteiger partial charge in [-0.15, -0.1) is 0 Å². The lowest BCUT2D eigenvalue weighted by molar-refractivity contribution is 0.224. The first-order valence-electron chi connectivity index (χ1n) is 6.80. The highest BCUT2D eigenvalue weighted by molar-refractivity contribution is 6.42. The highest BCUT2D eigenvalue weighted by Gasteiger charge is 2.13. The monoisotopic (exact) mass is 324 g/mol. The van der Waals surface area contributed by atoms with E-state index in [2.05, 4.69) is 0 Å². The Labute approximate surface area is 135 Å². The van der Waals surface area contributed by atoms with Crippen LogP contribution >= 0.6 is 23.2 Å². The maximum Gasteiger partial charge on any atom is 0.122 e. The lowest BCUT2D eigenvalue weighted by Crippen LogP contribution is -2.13. The minimum Gasteiger partial charge on any atom is -0.496 e. The Morgan fingerprint density at radius 2 is 1.81 bits per heavy atom. The molecule has 0 amide bonds. The minimum atomic E-state index is 0.109. The number of methoxy groups -OCH3 is 1. The first-order chi connectivity index (χ1) is 10.1. The summed E-state index contributed by atoms with van der Waals surface area (Å²) >= 11 is 12.0. The van der Waals surface area contributed by atoms with Crippen molar-refractivity contribution in [3.05, 3.63) is 63.6 Å². The molecule has 2 nitrogen and oxygen atoms in total. The summed E-state index contributed by atoms with van der Waals surface area (Å²) in [6, 6.07) is 13.5. The zero-order valence-corrected chi connectivity index (χ0v) is 13.4. The van der Waals surface area contributed by atoms with Gasteiger partial charge in [0.2, 0.25) is 0 Å². The van der Waals surface area contributed by atoms with Gasteiger partial charge in [-0.05, 0) is 48.1 Å². The highest BCUT2D eigenvalue weighted by Crippen LogP contribution is 2.26. The molecule has 1 unspecified atom stereocenters. The third-order valence-electron chi connectivity index (χ3n) is 3.47. The normalized spacial score (nSPS) is 12.2. The molecule has 0 radical (unpaired) electrons. The summed E-state index contributed by atoms with van der Waals surface area (Å²) in [5, 5.41) is 10.7. The fraction of sp³-hybridized carbons (Fsp3) is 0.294. The average Bonchev–Trinajstić information content (AvgIpc) is 2.50. The van der Waals surface area contributed by atoms with Crippen LogP contribution in [0, 0.1) is 5.92 Å². The number of hydrogen-bond acceptors (Lipinski definition) is 2. The molecule has 2 rings (SSSR count). The van der Waals surface area contributed by atoms with Crippen LogP contribution in [0.4, 0.5) is 0 Å². The lowest BCUT2D eigenvalue weighted by atomic mass is 9.93. The molecule has 0 aliphatic carbocycles. The predicted octanol–water partition coefficient (Wildman–Crippen LogP) is 4.40. The van der Waals surface area contributed by atoms with Gasteiger partial charge in [0.05, 0.1) is 17.2 Å². The van der Waals surface area contributed by atoms with Crippen LogP contribution in [0.25, 0.3) is 0 Å². The van der Waals surface area contributed by atoms with Crippen molar-refractivity contribution in [3.8, 4) is 5.75 Å². The molecule has 0 heterocycles. The third-order valence-corrected chi connectivity index (χ3v) is 4.21. The largest absolute Gasteiger partial charge is 0.496 e. The zero-order valence-electron chi connectivity index (χ0n) is 11.9. The van der Waals surface area contributed by atoms with Crippen molar-refractivity contribution in [2.75, 3.05) is 13.7 Å². The molecule has 0 bridgehead atoms. The molecule has 0 saturated heterocycles. The van der Waals surface area contributed by atoms with Gasteiger partial charge in [-0.1, -0.05) is 47.5 Å². The Bertz CT molecular complexity index is 599. The Balaban J connectivity index is 2.11. The fourth-order valence-corrected chi connectivity index (χ4v) is 2.70. The van der Waals surface area contributed by atoms with Crippen molar-refractivity contribution >= 4 is 23.2 Å². The van der Waals surface area contributed by atoms with Crippen LogP contribution in [-0.4, -0.2) is 18.8 Å². The van der Waals surface area contributed by atoms with Crippen LogP contribution in [0.2, 0.25) is 10.0 Å². The van der Waals surface area contributed by atoms with Gasteiger partial charge >= 0.3 is 0 Å². The molecule has 0 aromatic heterocycles. The van der Waals surface area contributed by atoms with Gasteiger partial charge in [-0.3, -0.25) is 0 Å². The Hall–Kier alpha value is -1.22. The van der Waals surface area contributed by atoms with Crippen LogP contribution in [0.15, 0.2) is 42.5 Å². The standard InChI is InChI=1S/C17H18Cl2O2/c1-21-17-5-3-2-4-14(17)9-13(11-20)8-12-6-7-15(18)16(19)10-12/h2-7,10,13,20H,8-9,11H2,1H3.